The number of rotatable bonds is 4. The van der Waals surface area contributed by atoms with Gasteiger partial charge in [-0.2, -0.15) is 0 Å². The largest absolute Gasteiger partial charge is 0.344 e. The summed E-state index contributed by atoms with van der Waals surface area (Å²) in [5.41, 5.74) is 11.0. The highest BCUT2D eigenvalue weighted by molar-refractivity contribution is 6.17. The zero-order valence-electron chi connectivity index (χ0n) is 26.4. The molecule has 2 aliphatic rings. The number of amidine groups is 2. The predicted octanol–water partition coefficient (Wildman–Crippen LogP) is 10.5. The van der Waals surface area contributed by atoms with Gasteiger partial charge in [-0.05, 0) is 72.6 Å². The van der Waals surface area contributed by atoms with Gasteiger partial charge in [0.25, 0.3) is 0 Å². The average molecular weight is 604 g/mol. The Hall–Kier alpha value is -5.80. The van der Waals surface area contributed by atoms with E-state index in [9.17, 15) is 0 Å². The number of hydrogen-bond donors (Lipinski definition) is 1. The first kappa shape index (κ1) is 27.5. The fourth-order valence-electron chi connectivity index (χ4n) is 7.49. The standard InChI is InChI=1S/C44H33N3/c1-44(2)37-19-10-9-18-36(37)40-38(44)25-23-28-20-21-33-26-32(22-24-35(33)39(28)40)31-16-11-17-34(27-31)43-46-41(29-12-5-3-6-13-29)45-42(47-43)30-14-7-4-8-15-30/h3-27,41H,1-2H3,(H,45,46,47). The van der Waals surface area contributed by atoms with E-state index < -0.39 is 0 Å². The van der Waals surface area contributed by atoms with E-state index in [0.717, 1.165) is 33.9 Å². The fourth-order valence-corrected chi connectivity index (χ4v) is 7.49. The van der Waals surface area contributed by atoms with Crippen LogP contribution in [0, 0.1) is 0 Å². The van der Waals surface area contributed by atoms with E-state index in [-0.39, 0.29) is 11.6 Å². The SMILES string of the molecule is CC1(C)c2ccccc2-c2c1ccc1ccc3cc(-c4cccc(C5=NC(c6ccccc6)=NC(c6ccccc6)N5)c4)ccc3c21. The van der Waals surface area contributed by atoms with Crippen LogP contribution in [0.25, 0.3) is 43.8 Å². The van der Waals surface area contributed by atoms with E-state index in [4.69, 9.17) is 9.98 Å². The Morgan fingerprint density at radius 2 is 1.23 bits per heavy atom. The molecule has 3 nitrogen and oxygen atoms in total. The van der Waals surface area contributed by atoms with Crippen LogP contribution in [-0.2, 0) is 5.41 Å². The molecule has 1 aliphatic heterocycles. The lowest BCUT2D eigenvalue weighted by Crippen LogP contribution is -2.33. The van der Waals surface area contributed by atoms with Crippen molar-refractivity contribution >= 4 is 33.2 Å². The van der Waals surface area contributed by atoms with E-state index in [1.54, 1.807) is 0 Å². The molecule has 0 fully saturated rings. The van der Waals surface area contributed by atoms with Crippen molar-refractivity contribution in [3.63, 3.8) is 0 Å². The zero-order valence-corrected chi connectivity index (χ0v) is 26.4. The number of fused-ring (bicyclic) bond motifs is 7. The molecular formula is C44H33N3. The molecule has 224 valence electrons. The molecule has 1 unspecified atom stereocenters. The summed E-state index contributed by atoms with van der Waals surface area (Å²) < 4.78 is 0. The summed E-state index contributed by atoms with van der Waals surface area (Å²) in [7, 11) is 0. The lowest BCUT2D eigenvalue weighted by Gasteiger charge is -2.24. The van der Waals surface area contributed by atoms with Gasteiger partial charge in [0.2, 0.25) is 0 Å². The summed E-state index contributed by atoms with van der Waals surface area (Å²) in [4.78, 5) is 10.0. The summed E-state index contributed by atoms with van der Waals surface area (Å²) >= 11 is 0. The van der Waals surface area contributed by atoms with Crippen LogP contribution < -0.4 is 5.32 Å². The van der Waals surface area contributed by atoms with E-state index in [1.165, 1.54) is 49.4 Å². The van der Waals surface area contributed by atoms with Gasteiger partial charge < -0.3 is 5.32 Å². The van der Waals surface area contributed by atoms with Crippen LogP contribution in [0.5, 0.6) is 0 Å². The van der Waals surface area contributed by atoms with Crippen molar-refractivity contribution in [2.45, 2.75) is 25.4 Å². The van der Waals surface area contributed by atoms with Crippen LogP contribution in [0.1, 0.15) is 47.8 Å². The van der Waals surface area contributed by atoms with Gasteiger partial charge in [-0.15, -0.1) is 0 Å². The zero-order chi connectivity index (χ0) is 31.5. The maximum atomic E-state index is 5.04. The quantitative estimate of drug-likeness (QED) is 0.200. The molecule has 7 aromatic carbocycles. The van der Waals surface area contributed by atoms with Crippen molar-refractivity contribution in [1.82, 2.24) is 5.32 Å². The van der Waals surface area contributed by atoms with Crippen molar-refractivity contribution in [3.05, 3.63) is 179 Å². The van der Waals surface area contributed by atoms with Crippen molar-refractivity contribution in [2.24, 2.45) is 9.98 Å². The molecule has 1 aliphatic carbocycles. The van der Waals surface area contributed by atoms with Crippen molar-refractivity contribution in [3.8, 4) is 22.3 Å². The van der Waals surface area contributed by atoms with Crippen molar-refractivity contribution in [1.29, 1.82) is 0 Å². The van der Waals surface area contributed by atoms with Gasteiger partial charge in [0.05, 0.1) is 0 Å². The molecule has 3 heteroatoms. The molecule has 0 saturated heterocycles. The van der Waals surface area contributed by atoms with Gasteiger partial charge >= 0.3 is 0 Å². The van der Waals surface area contributed by atoms with Crippen molar-refractivity contribution < 1.29 is 0 Å². The molecular weight excluding hydrogens is 571 g/mol. The van der Waals surface area contributed by atoms with Crippen LogP contribution in [0.4, 0.5) is 0 Å². The lowest BCUT2D eigenvalue weighted by atomic mass is 9.82. The molecule has 47 heavy (non-hydrogen) atoms. The third-order valence-electron chi connectivity index (χ3n) is 9.90. The third kappa shape index (κ3) is 4.50. The first-order valence-corrected chi connectivity index (χ1v) is 16.3. The first-order valence-electron chi connectivity index (χ1n) is 16.3. The second-order valence-corrected chi connectivity index (χ2v) is 13.1. The normalized spacial score (nSPS) is 16.3. The molecule has 1 N–H and O–H groups in total. The molecule has 0 spiro atoms. The van der Waals surface area contributed by atoms with E-state index in [0.29, 0.717) is 0 Å². The summed E-state index contributed by atoms with van der Waals surface area (Å²) in [6.07, 6.45) is -0.228. The highest BCUT2D eigenvalue weighted by Gasteiger charge is 2.36. The lowest BCUT2D eigenvalue weighted by molar-refractivity contribution is 0.661. The van der Waals surface area contributed by atoms with Gasteiger partial charge in [0, 0.05) is 16.5 Å². The summed E-state index contributed by atoms with van der Waals surface area (Å²) in [6.45, 7) is 4.70. The molecule has 1 atom stereocenters. The Morgan fingerprint density at radius 1 is 0.553 bits per heavy atom. The third-order valence-corrected chi connectivity index (χ3v) is 9.90. The van der Waals surface area contributed by atoms with Crippen LogP contribution in [0.2, 0.25) is 0 Å². The van der Waals surface area contributed by atoms with Crippen LogP contribution in [0.3, 0.4) is 0 Å². The molecule has 0 amide bonds. The average Bonchev–Trinajstić information content (AvgIpc) is 3.38. The monoisotopic (exact) mass is 603 g/mol. The minimum atomic E-state index is -0.228. The summed E-state index contributed by atoms with van der Waals surface area (Å²) in [5, 5.41) is 8.78. The fraction of sp³-hybridized carbons (Fsp3) is 0.0909. The number of hydrogen-bond acceptors (Lipinski definition) is 3. The second-order valence-electron chi connectivity index (χ2n) is 13.1. The number of aliphatic imine (C=N–C) groups is 2. The molecule has 0 bridgehead atoms. The smallest absolute Gasteiger partial charge is 0.159 e. The van der Waals surface area contributed by atoms with Gasteiger partial charge in [-0.1, -0.05) is 153 Å². The summed E-state index contributed by atoms with van der Waals surface area (Å²) in [5.74, 6) is 1.55. The Kier molecular flexibility index (Phi) is 6.23. The molecule has 7 aromatic rings. The Labute approximate surface area is 275 Å². The highest BCUT2D eigenvalue weighted by atomic mass is 15.2. The Balaban J connectivity index is 1.14. The van der Waals surface area contributed by atoms with Gasteiger partial charge in [0.15, 0.2) is 5.84 Å². The molecule has 0 aromatic heterocycles. The van der Waals surface area contributed by atoms with Gasteiger partial charge in [-0.3, -0.25) is 0 Å². The van der Waals surface area contributed by atoms with Crippen LogP contribution in [-0.4, -0.2) is 11.7 Å². The Bertz CT molecular complexity index is 2400. The van der Waals surface area contributed by atoms with Gasteiger partial charge in [-0.25, -0.2) is 9.98 Å². The molecule has 0 saturated carbocycles. The van der Waals surface area contributed by atoms with Gasteiger partial charge in [0.1, 0.15) is 12.0 Å². The van der Waals surface area contributed by atoms with Crippen LogP contribution >= 0.6 is 0 Å². The molecule has 0 radical (unpaired) electrons. The van der Waals surface area contributed by atoms with E-state index in [1.807, 2.05) is 24.3 Å². The topological polar surface area (TPSA) is 36.8 Å². The van der Waals surface area contributed by atoms with E-state index >= 15 is 0 Å². The first-order chi connectivity index (χ1) is 23.0. The van der Waals surface area contributed by atoms with Crippen molar-refractivity contribution in [2.75, 3.05) is 0 Å². The summed E-state index contributed by atoms with van der Waals surface area (Å²) in [6, 6.07) is 54.3. The highest BCUT2D eigenvalue weighted by Crippen LogP contribution is 2.52. The predicted molar refractivity (Wildman–Crippen MR) is 196 cm³/mol. The number of benzene rings is 7. The maximum absolute atomic E-state index is 5.04. The Morgan fingerprint density at radius 3 is 2.09 bits per heavy atom. The van der Waals surface area contributed by atoms with E-state index in [2.05, 4.69) is 147 Å². The number of nitrogens with one attached hydrogen (secondary N) is 1. The maximum Gasteiger partial charge on any atom is 0.159 e. The number of nitrogens with zero attached hydrogens (tertiary/aromatic N) is 2. The molecule has 9 rings (SSSR count). The second kappa shape index (κ2) is 10.6. The molecule has 1 heterocycles. The minimum Gasteiger partial charge on any atom is -0.344 e. The van der Waals surface area contributed by atoms with Crippen LogP contribution in [0.15, 0.2) is 162 Å². The minimum absolute atomic E-state index is 0.0247.